The summed E-state index contributed by atoms with van der Waals surface area (Å²) in [4.78, 5) is 3.65. The van der Waals surface area contributed by atoms with Crippen LogP contribution in [0.5, 0.6) is 5.75 Å². The lowest BCUT2D eigenvalue weighted by Gasteiger charge is -2.24. The molecular weight excluding hydrogens is 372 g/mol. The van der Waals surface area contributed by atoms with E-state index in [0.29, 0.717) is 5.17 Å². The molecule has 0 aromatic heterocycles. The Balaban J connectivity index is 3.11. The largest absolute Gasteiger partial charge is 0.507 e. The van der Waals surface area contributed by atoms with E-state index in [1.807, 2.05) is 45.2 Å². The Kier molecular flexibility index (Phi) is 7.96. The first-order chi connectivity index (χ1) is 11.4. The fraction of sp³-hybridized carbons (Fsp3) is 0.556. The molecule has 0 unspecified atom stereocenters. The second kappa shape index (κ2) is 9.05. The molecule has 0 heterocycles. The van der Waals surface area contributed by atoms with Gasteiger partial charge in [0.1, 0.15) is 16.7 Å². The highest BCUT2D eigenvalue weighted by Crippen LogP contribution is 2.36. The van der Waals surface area contributed by atoms with Crippen LogP contribution < -0.4 is 0 Å². The number of phenols is 1. The van der Waals surface area contributed by atoms with E-state index < -0.39 is 0 Å². The van der Waals surface area contributed by atoms with Crippen LogP contribution in [-0.2, 0) is 22.5 Å². The fourth-order valence-corrected chi connectivity index (χ4v) is 3.02. The minimum atomic E-state index is -0.177. The maximum absolute atomic E-state index is 10.7. The second-order valence-corrected chi connectivity index (χ2v) is 9.26. The lowest BCUT2D eigenvalue weighted by atomic mass is 9.84. The highest BCUT2D eigenvalue weighted by atomic mass is 32.2. The molecule has 140 valence electrons. The molecule has 0 atom stereocenters. The van der Waals surface area contributed by atoms with Crippen molar-refractivity contribution in [3.05, 3.63) is 28.8 Å². The van der Waals surface area contributed by atoms with E-state index >= 15 is 0 Å². The van der Waals surface area contributed by atoms with Crippen molar-refractivity contribution in [1.82, 2.24) is 9.80 Å². The molecule has 1 aromatic rings. The third-order valence-corrected chi connectivity index (χ3v) is 5.79. The molecule has 0 aliphatic heterocycles. The zero-order valence-electron chi connectivity index (χ0n) is 16.0. The van der Waals surface area contributed by atoms with E-state index in [4.69, 9.17) is 29.2 Å². The normalized spacial score (nSPS) is 11.2. The Morgan fingerprint density at radius 3 is 2.20 bits per heavy atom. The Hall–Kier alpha value is -1.05. The first kappa shape index (κ1) is 22.0. The first-order valence-corrected chi connectivity index (χ1v) is 9.77. The minimum absolute atomic E-state index is 0.177. The van der Waals surface area contributed by atoms with Crippen LogP contribution in [-0.4, -0.2) is 52.6 Å². The number of benzene rings is 1. The molecule has 0 aliphatic carbocycles. The number of ether oxygens (including phenoxy) is 1. The van der Waals surface area contributed by atoms with Gasteiger partial charge in [0.25, 0.3) is 5.17 Å². The van der Waals surface area contributed by atoms with E-state index in [0.717, 1.165) is 26.8 Å². The van der Waals surface area contributed by atoms with Crippen LogP contribution in [0.2, 0.25) is 0 Å². The number of rotatable bonds is 4. The van der Waals surface area contributed by atoms with Crippen LogP contribution in [0.4, 0.5) is 0 Å². The average molecular weight is 401 g/mol. The lowest BCUT2D eigenvalue weighted by molar-refractivity contribution is 0.252. The summed E-state index contributed by atoms with van der Waals surface area (Å²) in [5.41, 5.74) is 2.56. The van der Waals surface area contributed by atoms with Crippen molar-refractivity contribution < 1.29 is 9.84 Å². The standard InChI is InChI=1S/C18H28N2O2S3/c1-18(2,3)14-9-12(11-25-17(24)20(6)7)8-13(15(14)21)10-22-16(23)19(4)5/h8-9,21H,10-11H2,1-7H3. The number of hydrogen-bond donors (Lipinski definition) is 1. The smallest absolute Gasteiger partial charge is 0.259 e. The molecule has 0 amide bonds. The van der Waals surface area contributed by atoms with Gasteiger partial charge in [-0.05, 0) is 34.8 Å². The molecule has 0 saturated carbocycles. The van der Waals surface area contributed by atoms with Crippen molar-refractivity contribution in [1.29, 1.82) is 0 Å². The zero-order chi connectivity index (χ0) is 19.4. The van der Waals surface area contributed by atoms with Crippen LogP contribution >= 0.6 is 36.2 Å². The Morgan fingerprint density at radius 2 is 1.72 bits per heavy atom. The Morgan fingerprint density at radius 1 is 1.12 bits per heavy atom. The molecule has 1 aromatic carbocycles. The quantitative estimate of drug-likeness (QED) is 0.761. The van der Waals surface area contributed by atoms with E-state index in [9.17, 15) is 5.11 Å². The van der Waals surface area contributed by atoms with Crippen LogP contribution in [0.1, 0.15) is 37.5 Å². The van der Waals surface area contributed by atoms with Gasteiger partial charge in [-0.25, -0.2) is 0 Å². The molecule has 25 heavy (non-hydrogen) atoms. The summed E-state index contributed by atoms with van der Waals surface area (Å²) in [6.07, 6.45) is 0. The first-order valence-electron chi connectivity index (χ1n) is 7.97. The Labute approximate surface area is 166 Å². The van der Waals surface area contributed by atoms with Crippen LogP contribution in [0.3, 0.4) is 0 Å². The third-order valence-electron chi connectivity index (χ3n) is 3.50. The summed E-state index contributed by atoms with van der Waals surface area (Å²) in [6, 6.07) is 4.02. The third kappa shape index (κ3) is 6.64. The van der Waals surface area contributed by atoms with Crippen molar-refractivity contribution in [2.24, 2.45) is 0 Å². The number of phenolic OH excluding ortho intramolecular Hbond substituents is 1. The van der Waals surface area contributed by atoms with Gasteiger partial charge in [0, 0.05) is 39.5 Å². The van der Waals surface area contributed by atoms with E-state index in [1.54, 1.807) is 16.7 Å². The maximum Gasteiger partial charge on any atom is 0.259 e. The molecule has 0 saturated heterocycles. The van der Waals surface area contributed by atoms with Crippen molar-refractivity contribution in [2.45, 2.75) is 38.5 Å². The van der Waals surface area contributed by atoms with Crippen molar-refractivity contribution in [3.63, 3.8) is 0 Å². The van der Waals surface area contributed by atoms with Gasteiger partial charge in [-0.1, -0.05) is 50.8 Å². The van der Waals surface area contributed by atoms with E-state index in [2.05, 4.69) is 20.8 Å². The van der Waals surface area contributed by atoms with E-state index in [-0.39, 0.29) is 17.8 Å². The van der Waals surface area contributed by atoms with Gasteiger partial charge in [0.15, 0.2) is 0 Å². The van der Waals surface area contributed by atoms with Gasteiger partial charge in [-0.15, -0.1) is 0 Å². The van der Waals surface area contributed by atoms with Gasteiger partial charge in [0.05, 0.1) is 0 Å². The highest BCUT2D eigenvalue weighted by molar-refractivity contribution is 8.22. The van der Waals surface area contributed by atoms with Crippen LogP contribution in [0.25, 0.3) is 0 Å². The molecule has 7 heteroatoms. The summed E-state index contributed by atoms with van der Waals surface area (Å²) < 4.78 is 6.44. The Bertz CT molecular complexity index is 638. The van der Waals surface area contributed by atoms with Gasteiger partial charge in [-0.2, -0.15) is 0 Å². The van der Waals surface area contributed by atoms with Gasteiger partial charge in [-0.3, -0.25) is 0 Å². The molecule has 0 radical (unpaired) electrons. The minimum Gasteiger partial charge on any atom is -0.507 e. The van der Waals surface area contributed by atoms with Crippen molar-refractivity contribution in [2.75, 3.05) is 28.2 Å². The van der Waals surface area contributed by atoms with Crippen molar-refractivity contribution in [3.8, 4) is 5.75 Å². The predicted octanol–water partition coefficient (Wildman–Crippen LogP) is 4.13. The topological polar surface area (TPSA) is 35.9 Å². The zero-order valence-corrected chi connectivity index (χ0v) is 18.5. The summed E-state index contributed by atoms with van der Waals surface area (Å²) >= 11 is 12.1. The summed E-state index contributed by atoms with van der Waals surface area (Å²) in [5.74, 6) is 1.02. The van der Waals surface area contributed by atoms with Gasteiger partial charge >= 0.3 is 0 Å². The highest BCUT2D eigenvalue weighted by Gasteiger charge is 2.22. The molecule has 4 nitrogen and oxygen atoms in total. The second-order valence-electron chi connectivity index (χ2n) is 7.30. The SMILES string of the molecule is CN(C)C(=S)OCc1cc(CSC(=S)N(C)C)cc(C(C)(C)C)c1O. The average Bonchev–Trinajstić information content (AvgIpc) is 2.50. The number of thiocarbonyl (C=S) groups is 2. The van der Waals surface area contributed by atoms with Crippen LogP contribution in [0.15, 0.2) is 12.1 Å². The fourth-order valence-electron chi connectivity index (χ4n) is 2.07. The summed E-state index contributed by atoms with van der Waals surface area (Å²) in [7, 11) is 7.54. The summed E-state index contributed by atoms with van der Waals surface area (Å²) in [6.45, 7) is 6.48. The molecule has 1 N–H and O–H groups in total. The van der Waals surface area contributed by atoms with Gasteiger partial charge in [0.2, 0.25) is 0 Å². The van der Waals surface area contributed by atoms with Crippen molar-refractivity contribution >= 4 is 45.7 Å². The van der Waals surface area contributed by atoms with Crippen LogP contribution in [0, 0.1) is 0 Å². The molecule has 1 rings (SSSR count). The number of aromatic hydroxyl groups is 1. The molecule has 0 bridgehead atoms. The molecule has 0 spiro atoms. The number of hydrogen-bond acceptors (Lipinski definition) is 5. The number of thioether (sulfide) groups is 1. The lowest BCUT2D eigenvalue weighted by Crippen LogP contribution is -2.22. The molecule has 0 fully saturated rings. The maximum atomic E-state index is 10.7. The molecular formula is C18H28N2O2S3. The van der Waals surface area contributed by atoms with E-state index in [1.165, 1.54) is 0 Å². The molecule has 0 aliphatic rings. The summed E-state index contributed by atoms with van der Waals surface area (Å²) in [5, 5.41) is 11.1. The predicted molar refractivity (Wildman–Crippen MR) is 115 cm³/mol. The number of nitrogens with zero attached hydrogens (tertiary/aromatic N) is 2. The van der Waals surface area contributed by atoms with Gasteiger partial charge < -0.3 is 19.6 Å². The monoisotopic (exact) mass is 400 g/mol.